The van der Waals surface area contributed by atoms with E-state index in [1.165, 1.54) is 0 Å². The van der Waals surface area contributed by atoms with Crippen molar-refractivity contribution in [2.75, 3.05) is 13.2 Å². The quantitative estimate of drug-likeness (QED) is 0.258. The van der Waals surface area contributed by atoms with Crippen molar-refractivity contribution in [2.24, 2.45) is 11.3 Å². The lowest BCUT2D eigenvalue weighted by Crippen LogP contribution is -2.71. The second-order valence-electron chi connectivity index (χ2n) is 12.5. The minimum Gasteiger partial charge on any atom is -0.417 e. The summed E-state index contributed by atoms with van der Waals surface area (Å²) in [5, 5.41) is 2.78. The van der Waals surface area contributed by atoms with Crippen molar-refractivity contribution in [1.29, 1.82) is 0 Å². The highest BCUT2D eigenvalue weighted by Crippen LogP contribution is 2.51. The molecular weight excluding hydrogens is 588 g/mol. The molecule has 5 atom stereocenters. The molecule has 5 nitrogen and oxygen atoms in total. The van der Waals surface area contributed by atoms with E-state index in [2.05, 4.69) is 5.32 Å². The first-order chi connectivity index (χ1) is 20.0. The van der Waals surface area contributed by atoms with Crippen LogP contribution >= 0.6 is 0 Å². The fourth-order valence-electron chi connectivity index (χ4n) is 7.11. The van der Waals surface area contributed by atoms with Gasteiger partial charge in [-0.15, -0.1) is 0 Å². The standard InChI is InChI=1S/C30H34F8N2O3/c1-15(17-8-10-18(11-9-17)39-29(13-42-14-29)30(36,37)38)40-16(2)20(27(3)12-6-5-7-19(27)40)26(41)43-23-21(31)24(33)28(4,35)25(34)22(23)32/h5-7,12,15,17-19,24,39H,8-11,13-14H2,1-4H3/t15-,17?,18?,19?,24?,27?,28?/m1/s1. The fourth-order valence-corrected chi connectivity index (χ4v) is 7.11. The number of hydrogen-bond acceptors (Lipinski definition) is 5. The zero-order chi connectivity index (χ0) is 31.7. The van der Waals surface area contributed by atoms with Crippen molar-refractivity contribution in [3.63, 3.8) is 0 Å². The van der Waals surface area contributed by atoms with Crippen molar-refractivity contribution >= 4 is 5.97 Å². The summed E-state index contributed by atoms with van der Waals surface area (Å²) in [4.78, 5) is 15.5. The summed E-state index contributed by atoms with van der Waals surface area (Å²) in [6.45, 7) is 4.79. The molecule has 2 aliphatic heterocycles. The van der Waals surface area contributed by atoms with Crippen LogP contribution in [0.15, 0.2) is 58.8 Å². The Labute approximate surface area is 244 Å². The number of alkyl halides is 5. The maximum atomic E-state index is 14.6. The van der Waals surface area contributed by atoms with Gasteiger partial charge < -0.3 is 14.4 Å². The molecule has 1 N–H and O–H groups in total. The lowest BCUT2D eigenvalue weighted by atomic mass is 9.74. The first-order valence-electron chi connectivity index (χ1n) is 14.2. The van der Waals surface area contributed by atoms with Gasteiger partial charge in [0, 0.05) is 23.2 Å². The minimum absolute atomic E-state index is 0.00917. The van der Waals surface area contributed by atoms with Gasteiger partial charge in [0.1, 0.15) is 0 Å². The summed E-state index contributed by atoms with van der Waals surface area (Å²) < 4.78 is 123. The molecule has 1 saturated heterocycles. The van der Waals surface area contributed by atoms with E-state index in [0.717, 1.165) is 0 Å². The Kier molecular flexibility index (Phi) is 7.93. The number of allylic oxidation sites excluding steroid dienone is 6. The average Bonchev–Trinajstić information content (AvgIpc) is 3.16. The summed E-state index contributed by atoms with van der Waals surface area (Å²) >= 11 is 0. The number of nitrogens with zero attached hydrogens (tertiary/aromatic N) is 1. The Bertz CT molecular complexity index is 1320. The molecule has 0 radical (unpaired) electrons. The Hall–Kier alpha value is -2.67. The molecule has 2 fully saturated rings. The molecule has 2 heterocycles. The predicted molar refractivity (Wildman–Crippen MR) is 141 cm³/mol. The number of esters is 1. The first kappa shape index (κ1) is 31.7. The molecule has 43 heavy (non-hydrogen) atoms. The van der Waals surface area contributed by atoms with E-state index in [0.29, 0.717) is 38.3 Å². The third kappa shape index (κ3) is 4.94. The Morgan fingerprint density at radius 3 is 2.30 bits per heavy atom. The van der Waals surface area contributed by atoms with Gasteiger partial charge in [-0.05, 0) is 59.3 Å². The van der Waals surface area contributed by atoms with Gasteiger partial charge in [0.2, 0.25) is 11.6 Å². The van der Waals surface area contributed by atoms with Gasteiger partial charge in [0.25, 0.3) is 0 Å². The number of hydrogen-bond donors (Lipinski definition) is 1. The second-order valence-corrected chi connectivity index (χ2v) is 12.5. The van der Waals surface area contributed by atoms with E-state index >= 15 is 0 Å². The maximum Gasteiger partial charge on any atom is 0.411 e. The van der Waals surface area contributed by atoms with Crippen LogP contribution in [0.5, 0.6) is 0 Å². The zero-order valence-corrected chi connectivity index (χ0v) is 24.1. The van der Waals surface area contributed by atoms with Crippen LogP contribution in [0.3, 0.4) is 0 Å². The molecule has 0 amide bonds. The van der Waals surface area contributed by atoms with Crippen LogP contribution in [-0.4, -0.2) is 65.8 Å². The molecule has 0 bridgehead atoms. The van der Waals surface area contributed by atoms with Crippen molar-refractivity contribution < 1.29 is 49.4 Å². The smallest absolute Gasteiger partial charge is 0.411 e. The molecule has 238 valence electrons. The lowest BCUT2D eigenvalue weighted by molar-refractivity contribution is -0.270. The van der Waals surface area contributed by atoms with E-state index in [4.69, 9.17) is 9.47 Å². The molecule has 3 aliphatic carbocycles. The van der Waals surface area contributed by atoms with Gasteiger partial charge >= 0.3 is 12.1 Å². The van der Waals surface area contributed by atoms with Crippen molar-refractivity contribution in [3.8, 4) is 0 Å². The summed E-state index contributed by atoms with van der Waals surface area (Å²) in [6, 6.07) is -0.987. The third-order valence-electron chi connectivity index (χ3n) is 9.80. The molecule has 5 aliphatic rings. The zero-order valence-electron chi connectivity index (χ0n) is 24.1. The van der Waals surface area contributed by atoms with Gasteiger partial charge in [-0.25, -0.2) is 22.4 Å². The fraction of sp³-hybridized carbons (Fsp3) is 0.633. The van der Waals surface area contributed by atoms with Crippen LogP contribution < -0.4 is 5.32 Å². The number of fused-ring (bicyclic) bond motifs is 1. The Balaban J connectivity index is 1.36. The molecule has 0 spiro atoms. The Morgan fingerprint density at radius 2 is 1.74 bits per heavy atom. The van der Waals surface area contributed by atoms with Crippen molar-refractivity contribution in [1.82, 2.24) is 10.2 Å². The largest absolute Gasteiger partial charge is 0.417 e. The number of nitrogens with one attached hydrogen (secondary N) is 1. The number of rotatable bonds is 6. The molecule has 0 aromatic carbocycles. The normalized spacial score (nSPS) is 36.6. The molecule has 0 aromatic heterocycles. The van der Waals surface area contributed by atoms with Crippen molar-refractivity contribution in [3.05, 3.63) is 58.8 Å². The number of carbonyl (C=O) groups excluding carboxylic acids is 1. The molecular formula is C30H34F8N2O3. The molecule has 0 aromatic rings. The average molecular weight is 623 g/mol. The van der Waals surface area contributed by atoms with Crippen LogP contribution in [0, 0.1) is 11.3 Å². The van der Waals surface area contributed by atoms with Crippen LogP contribution in [0.4, 0.5) is 35.1 Å². The van der Waals surface area contributed by atoms with Crippen LogP contribution in [-0.2, 0) is 14.3 Å². The molecule has 1 saturated carbocycles. The van der Waals surface area contributed by atoms with Crippen LogP contribution in [0.2, 0.25) is 0 Å². The van der Waals surface area contributed by atoms with E-state index in [-0.39, 0.29) is 23.6 Å². The Morgan fingerprint density at radius 1 is 1.12 bits per heavy atom. The highest BCUT2D eigenvalue weighted by Gasteiger charge is 2.61. The van der Waals surface area contributed by atoms with E-state index in [9.17, 15) is 39.9 Å². The second kappa shape index (κ2) is 10.7. The van der Waals surface area contributed by atoms with E-state index in [1.807, 2.05) is 17.9 Å². The lowest BCUT2D eigenvalue weighted by Gasteiger charge is -2.48. The number of halogens is 8. The van der Waals surface area contributed by atoms with Gasteiger partial charge in [-0.1, -0.05) is 24.3 Å². The van der Waals surface area contributed by atoms with E-state index < -0.39 is 77.4 Å². The summed E-state index contributed by atoms with van der Waals surface area (Å²) in [6.07, 6.45) is 1.61. The van der Waals surface area contributed by atoms with Crippen LogP contribution in [0.1, 0.15) is 53.4 Å². The monoisotopic (exact) mass is 622 g/mol. The highest BCUT2D eigenvalue weighted by atomic mass is 19.4. The minimum atomic E-state index is -4.43. The van der Waals surface area contributed by atoms with Gasteiger partial charge in [-0.3, -0.25) is 5.32 Å². The number of ether oxygens (including phenoxy) is 2. The summed E-state index contributed by atoms with van der Waals surface area (Å²) in [7, 11) is 0. The van der Waals surface area contributed by atoms with Crippen molar-refractivity contribution in [2.45, 2.75) is 95.1 Å². The SMILES string of the molecule is CC1=C(C(=O)OC2=C(F)C(F)C(C)(F)C(F)=C2F)C2(C)C=CC=CC2N1[C@H](C)C1CCC(NC2(C(F)(F)F)COC2)CC1. The summed E-state index contributed by atoms with van der Waals surface area (Å²) in [5.41, 5.74) is -6.26. The molecule has 5 rings (SSSR count). The van der Waals surface area contributed by atoms with Crippen LogP contribution in [0.25, 0.3) is 0 Å². The molecule has 4 unspecified atom stereocenters. The maximum absolute atomic E-state index is 14.6. The molecule has 13 heteroatoms. The first-order valence-corrected chi connectivity index (χ1v) is 14.2. The van der Waals surface area contributed by atoms with Gasteiger partial charge in [-0.2, -0.15) is 17.6 Å². The van der Waals surface area contributed by atoms with E-state index in [1.54, 1.807) is 32.1 Å². The predicted octanol–water partition coefficient (Wildman–Crippen LogP) is 6.90. The topological polar surface area (TPSA) is 50.8 Å². The third-order valence-corrected chi connectivity index (χ3v) is 9.80. The highest BCUT2D eigenvalue weighted by molar-refractivity contribution is 5.93. The van der Waals surface area contributed by atoms with Gasteiger partial charge in [0.05, 0.1) is 24.8 Å². The van der Waals surface area contributed by atoms with Gasteiger partial charge in [0.15, 0.2) is 29.0 Å². The number of carbonyl (C=O) groups is 1. The summed E-state index contributed by atoms with van der Waals surface area (Å²) in [5.74, 6) is -9.24.